The normalized spacial score (nSPS) is 52.1. The molecule has 0 aromatic heterocycles. The van der Waals surface area contributed by atoms with Crippen LogP contribution in [0.15, 0.2) is 0 Å². The zero-order chi connectivity index (χ0) is 25.4. The zero-order valence-corrected chi connectivity index (χ0v) is 17.8. The minimum atomic E-state index is -2.36. The van der Waals surface area contributed by atoms with E-state index in [-0.39, 0.29) is 0 Å². The lowest BCUT2D eigenvalue weighted by atomic mass is 9.97. The third-order valence-corrected chi connectivity index (χ3v) is 6.18. The van der Waals surface area contributed by atoms with Crippen molar-refractivity contribution < 1.29 is 79.9 Å². The number of hydrogen-bond acceptors (Lipinski definition) is 16. The molecule has 0 aliphatic carbocycles. The smallest absolute Gasteiger partial charge is 0.224 e. The Morgan fingerprint density at radius 3 is 1.68 bits per heavy atom. The van der Waals surface area contributed by atoms with Gasteiger partial charge >= 0.3 is 0 Å². The van der Waals surface area contributed by atoms with Crippen molar-refractivity contribution in [2.24, 2.45) is 0 Å². The van der Waals surface area contributed by atoms with Gasteiger partial charge in [0.1, 0.15) is 73.8 Å². The van der Waals surface area contributed by atoms with Gasteiger partial charge in [0.05, 0.1) is 19.8 Å². The monoisotopic (exact) mass is 504 g/mol. The van der Waals surface area contributed by atoms with E-state index in [9.17, 15) is 56.2 Å². The third kappa shape index (κ3) is 4.96. The lowest BCUT2D eigenvalue weighted by Gasteiger charge is -2.47. The average molecular weight is 504 g/mol. The van der Waals surface area contributed by atoms with E-state index in [0.29, 0.717) is 0 Å². The van der Waals surface area contributed by atoms with Gasteiger partial charge in [0, 0.05) is 0 Å². The summed E-state index contributed by atoms with van der Waals surface area (Å²) in [5, 5.41) is 109. The Bertz CT molecular complexity index is 651. The van der Waals surface area contributed by atoms with Crippen molar-refractivity contribution in [3.8, 4) is 0 Å². The van der Waals surface area contributed by atoms with Crippen molar-refractivity contribution in [3.05, 3.63) is 0 Å². The van der Waals surface area contributed by atoms with Crippen LogP contribution in [0.4, 0.5) is 0 Å². The summed E-state index contributed by atoms with van der Waals surface area (Å²) < 4.78 is 26.6. The number of aliphatic hydroxyl groups excluding tert-OH is 11. The lowest BCUT2D eigenvalue weighted by molar-refractivity contribution is -0.398. The van der Waals surface area contributed by atoms with Gasteiger partial charge in [0.2, 0.25) is 5.79 Å². The molecule has 11 N–H and O–H groups in total. The summed E-state index contributed by atoms with van der Waals surface area (Å²) in [4.78, 5) is 0. The molecule has 0 amide bonds. The molecule has 14 atom stereocenters. The Labute approximate surface area is 192 Å². The van der Waals surface area contributed by atoms with Crippen LogP contribution < -0.4 is 0 Å². The highest BCUT2D eigenvalue weighted by molar-refractivity contribution is 4.99. The first-order valence-electron chi connectivity index (χ1n) is 10.6. The molecule has 34 heavy (non-hydrogen) atoms. The van der Waals surface area contributed by atoms with Gasteiger partial charge in [-0.15, -0.1) is 0 Å². The summed E-state index contributed by atoms with van der Waals surface area (Å²) in [6.07, 6.45) is -22.0. The highest BCUT2D eigenvalue weighted by Crippen LogP contribution is 2.37. The lowest BCUT2D eigenvalue weighted by Crippen LogP contribution is -2.66. The average Bonchev–Trinajstić information content (AvgIpc) is 3.08. The molecule has 0 bridgehead atoms. The Hall–Kier alpha value is -0.640. The van der Waals surface area contributed by atoms with E-state index in [1.807, 2.05) is 0 Å². The van der Waals surface area contributed by atoms with Gasteiger partial charge in [-0.2, -0.15) is 0 Å². The van der Waals surface area contributed by atoms with Gasteiger partial charge < -0.3 is 79.9 Å². The highest BCUT2D eigenvalue weighted by Gasteiger charge is 2.59. The van der Waals surface area contributed by atoms with Crippen molar-refractivity contribution in [3.63, 3.8) is 0 Å². The third-order valence-electron chi connectivity index (χ3n) is 6.18. The van der Waals surface area contributed by atoms with Crippen LogP contribution in [0.3, 0.4) is 0 Å². The van der Waals surface area contributed by atoms with Crippen LogP contribution in [-0.2, 0) is 23.7 Å². The predicted molar refractivity (Wildman–Crippen MR) is 101 cm³/mol. The van der Waals surface area contributed by atoms with E-state index in [2.05, 4.69) is 0 Å². The summed E-state index contributed by atoms with van der Waals surface area (Å²) in [5.74, 6) is -2.36. The van der Waals surface area contributed by atoms with E-state index in [0.717, 1.165) is 0 Å². The Morgan fingerprint density at radius 1 is 0.588 bits per heavy atom. The Kier molecular flexibility index (Phi) is 9.18. The first-order chi connectivity index (χ1) is 16.0. The molecule has 0 saturated carbocycles. The molecule has 1 unspecified atom stereocenters. The van der Waals surface area contributed by atoms with Crippen molar-refractivity contribution in [2.45, 2.75) is 85.5 Å². The highest BCUT2D eigenvalue weighted by atomic mass is 16.8. The fourth-order valence-electron chi connectivity index (χ4n) is 4.12. The molecule has 16 heteroatoms. The molecule has 0 aromatic carbocycles. The molecule has 3 fully saturated rings. The largest absolute Gasteiger partial charge is 0.394 e. The predicted octanol–water partition coefficient (Wildman–Crippen LogP) is -7.57. The van der Waals surface area contributed by atoms with Gasteiger partial charge in [0.25, 0.3) is 0 Å². The van der Waals surface area contributed by atoms with Crippen LogP contribution in [0.25, 0.3) is 0 Å². The van der Waals surface area contributed by atoms with Crippen molar-refractivity contribution >= 4 is 0 Å². The maximum absolute atomic E-state index is 10.6. The molecule has 3 heterocycles. The molecule has 3 aliphatic heterocycles. The molecule has 3 aliphatic rings. The van der Waals surface area contributed by atoms with E-state index in [4.69, 9.17) is 23.7 Å². The standard InChI is InChI=1S/C18H32O16/c19-1-5-8(23)10(25)12(27)16(30-5)32-14-7(3-21)31-17(13(28)11(14)26)34-18(4-22)15(29)9(24)6(2-20)33-18/h5-17,19-29H,1-4H2/t5-,6-,7-,8+,9-,10+,11-,12-,13-,14-,15+,16+,17?,18+/m1/s1. The van der Waals surface area contributed by atoms with Crippen molar-refractivity contribution in [1.29, 1.82) is 0 Å². The van der Waals surface area contributed by atoms with Crippen LogP contribution in [0.5, 0.6) is 0 Å². The summed E-state index contributed by atoms with van der Waals surface area (Å²) >= 11 is 0. The van der Waals surface area contributed by atoms with Gasteiger partial charge in [-0.3, -0.25) is 0 Å². The van der Waals surface area contributed by atoms with Crippen LogP contribution in [0.2, 0.25) is 0 Å². The second-order valence-corrected chi connectivity index (χ2v) is 8.37. The van der Waals surface area contributed by atoms with Crippen LogP contribution >= 0.6 is 0 Å². The summed E-state index contributed by atoms with van der Waals surface area (Å²) in [6.45, 7) is -3.39. The van der Waals surface area contributed by atoms with E-state index in [1.165, 1.54) is 0 Å². The fraction of sp³-hybridized carbons (Fsp3) is 1.00. The number of aliphatic hydroxyl groups is 11. The van der Waals surface area contributed by atoms with E-state index in [1.54, 1.807) is 0 Å². The summed E-state index contributed by atoms with van der Waals surface area (Å²) in [7, 11) is 0. The molecule has 3 rings (SSSR count). The maximum atomic E-state index is 10.6. The van der Waals surface area contributed by atoms with E-state index < -0.39 is 112 Å². The van der Waals surface area contributed by atoms with Crippen molar-refractivity contribution in [2.75, 3.05) is 26.4 Å². The Morgan fingerprint density at radius 2 is 1.15 bits per heavy atom. The quantitative estimate of drug-likeness (QED) is 0.146. The number of ether oxygens (including phenoxy) is 5. The summed E-state index contributed by atoms with van der Waals surface area (Å²) in [5.41, 5.74) is 0. The van der Waals surface area contributed by atoms with Gasteiger partial charge in [-0.25, -0.2) is 0 Å². The van der Waals surface area contributed by atoms with Gasteiger partial charge in [-0.05, 0) is 0 Å². The second kappa shape index (κ2) is 11.2. The number of rotatable bonds is 8. The SMILES string of the molecule is OC[C@H]1O[C@@H](O[C@H]2[C@H](O)[C@@H](O)C(O[C@]3(CO)O[C@H](CO)[C@@H](O)[C@@H]3O)O[C@@H]2CO)[C@H](O)[C@@H](O)[C@H]1O. The molecule has 3 saturated heterocycles. The fourth-order valence-corrected chi connectivity index (χ4v) is 4.12. The zero-order valence-electron chi connectivity index (χ0n) is 17.8. The minimum absolute atomic E-state index is 0.742. The van der Waals surface area contributed by atoms with Gasteiger partial charge in [-0.1, -0.05) is 0 Å². The van der Waals surface area contributed by atoms with E-state index >= 15 is 0 Å². The molecule has 0 aromatic rings. The topological polar surface area (TPSA) is 269 Å². The van der Waals surface area contributed by atoms with Gasteiger partial charge in [0.15, 0.2) is 12.6 Å². The molecule has 0 spiro atoms. The van der Waals surface area contributed by atoms with Crippen LogP contribution in [0.1, 0.15) is 0 Å². The molecular weight excluding hydrogens is 472 g/mol. The molecule has 16 nitrogen and oxygen atoms in total. The van der Waals surface area contributed by atoms with Crippen molar-refractivity contribution in [1.82, 2.24) is 0 Å². The molecule has 0 radical (unpaired) electrons. The second-order valence-electron chi connectivity index (χ2n) is 8.37. The minimum Gasteiger partial charge on any atom is -0.394 e. The summed E-state index contributed by atoms with van der Waals surface area (Å²) in [6, 6.07) is 0. The van der Waals surface area contributed by atoms with Crippen LogP contribution in [-0.4, -0.2) is 168 Å². The molecular formula is C18H32O16. The van der Waals surface area contributed by atoms with Crippen LogP contribution in [0, 0.1) is 0 Å². The Balaban J connectivity index is 1.74. The number of hydrogen-bond donors (Lipinski definition) is 11. The molecule has 200 valence electrons. The first kappa shape index (κ1) is 27.9. The maximum Gasteiger partial charge on any atom is 0.224 e. The first-order valence-corrected chi connectivity index (χ1v) is 10.6.